The minimum Gasteiger partial charge on any atom is -0.508 e. The van der Waals surface area contributed by atoms with Gasteiger partial charge < -0.3 is 54.8 Å². The first-order valence-electron chi connectivity index (χ1n) is 14.7. The summed E-state index contributed by atoms with van der Waals surface area (Å²) < 4.78 is 0. The molecule has 0 heterocycles. The number of guanidine groups is 2. The molecule has 0 aromatic heterocycles. The van der Waals surface area contributed by atoms with Gasteiger partial charge in [0.2, 0.25) is 17.7 Å². The van der Waals surface area contributed by atoms with Gasteiger partial charge in [-0.15, -0.1) is 0 Å². The highest BCUT2D eigenvalue weighted by molar-refractivity contribution is 5.94. The Balaban J connectivity index is 2.22. The summed E-state index contributed by atoms with van der Waals surface area (Å²) >= 11 is 0. The van der Waals surface area contributed by atoms with Crippen LogP contribution in [0.1, 0.15) is 36.8 Å². The topological polar surface area (TPSA) is 300 Å². The van der Waals surface area contributed by atoms with Crippen molar-refractivity contribution in [1.82, 2.24) is 16.0 Å². The number of rotatable bonds is 19. The Hall–Kier alpha value is -5.38. The normalized spacial score (nSPS) is 13.2. The van der Waals surface area contributed by atoms with Crippen LogP contribution < -0.4 is 44.6 Å². The average molecular weight is 641 g/mol. The molecule has 3 amide bonds. The first-order chi connectivity index (χ1) is 21.8. The van der Waals surface area contributed by atoms with Crippen LogP contribution in [0.5, 0.6) is 5.75 Å². The van der Waals surface area contributed by atoms with Gasteiger partial charge in [0, 0.05) is 19.5 Å². The molecule has 0 saturated heterocycles. The van der Waals surface area contributed by atoms with E-state index in [1.54, 1.807) is 42.5 Å². The van der Waals surface area contributed by atoms with Crippen LogP contribution in [-0.4, -0.2) is 83.1 Å². The van der Waals surface area contributed by atoms with Crippen molar-refractivity contribution in [3.63, 3.8) is 0 Å². The maximum Gasteiger partial charge on any atom is 0.326 e. The quantitative estimate of drug-likeness (QED) is 0.0462. The second-order valence-corrected chi connectivity index (χ2v) is 10.6. The van der Waals surface area contributed by atoms with E-state index < -0.39 is 47.9 Å². The molecule has 4 unspecified atom stereocenters. The van der Waals surface area contributed by atoms with Crippen molar-refractivity contribution in [3.8, 4) is 5.75 Å². The number of nitrogens with one attached hydrogen (secondary N) is 3. The highest BCUT2D eigenvalue weighted by Gasteiger charge is 2.30. The fraction of sp³-hybridized carbons (Fsp3) is 0.400. The zero-order valence-corrected chi connectivity index (χ0v) is 25.5. The molecule has 16 heteroatoms. The fourth-order valence-electron chi connectivity index (χ4n) is 4.40. The number of nitrogens with zero attached hydrogens (tertiary/aromatic N) is 2. The number of phenols is 1. The smallest absolute Gasteiger partial charge is 0.326 e. The van der Waals surface area contributed by atoms with Crippen molar-refractivity contribution >= 4 is 35.6 Å². The van der Waals surface area contributed by atoms with Gasteiger partial charge in [0.15, 0.2) is 11.9 Å². The van der Waals surface area contributed by atoms with E-state index in [1.165, 1.54) is 12.1 Å². The summed E-state index contributed by atoms with van der Waals surface area (Å²) in [4.78, 5) is 59.8. The van der Waals surface area contributed by atoms with Crippen molar-refractivity contribution in [2.24, 2.45) is 38.7 Å². The lowest BCUT2D eigenvalue weighted by molar-refractivity contribution is -0.142. The predicted molar refractivity (Wildman–Crippen MR) is 173 cm³/mol. The van der Waals surface area contributed by atoms with Crippen molar-refractivity contribution in [2.45, 2.75) is 62.7 Å². The first kappa shape index (κ1) is 36.8. The zero-order valence-electron chi connectivity index (χ0n) is 25.5. The summed E-state index contributed by atoms with van der Waals surface area (Å²) in [5.41, 5.74) is 29.1. The molecule has 15 N–H and O–H groups in total. The third-order valence-electron chi connectivity index (χ3n) is 6.78. The zero-order chi connectivity index (χ0) is 34.1. The van der Waals surface area contributed by atoms with E-state index in [0.717, 1.165) is 0 Å². The van der Waals surface area contributed by atoms with Crippen molar-refractivity contribution < 1.29 is 29.4 Å². The SMILES string of the molecule is NC(N)=NCCCC(NC(=O)C(N)Cc1ccc(O)cc1)C(=O)NC(CCCN=C(N)N)C(=O)NC(Cc1ccccc1)C(=O)O. The highest BCUT2D eigenvalue weighted by Crippen LogP contribution is 2.12. The number of carboxylic acid groups (broad SMARTS) is 1. The average Bonchev–Trinajstić information content (AvgIpc) is 3.00. The molecule has 0 saturated carbocycles. The molecule has 0 fully saturated rings. The monoisotopic (exact) mass is 640 g/mol. The van der Waals surface area contributed by atoms with Gasteiger partial charge in [-0.05, 0) is 55.4 Å². The number of aromatic hydroxyl groups is 1. The van der Waals surface area contributed by atoms with Gasteiger partial charge in [-0.2, -0.15) is 0 Å². The van der Waals surface area contributed by atoms with Crippen LogP contribution in [0.2, 0.25) is 0 Å². The predicted octanol–water partition coefficient (Wildman–Crippen LogP) is -1.85. The summed E-state index contributed by atoms with van der Waals surface area (Å²) in [5.74, 6) is -3.55. The number of carbonyl (C=O) groups excluding carboxylic acids is 3. The minimum absolute atomic E-state index is 0.0129. The molecule has 0 aliphatic heterocycles. The molecule has 0 bridgehead atoms. The molecule has 0 aliphatic rings. The Morgan fingerprint density at radius 2 is 1.11 bits per heavy atom. The molecular weight excluding hydrogens is 596 g/mol. The number of hydrogen-bond acceptors (Lipinski definition) is 8. The van der Waals surface area contributed by atoms with Crippen LogP contribution in [0.15, 0.2) is 64.6 Å². The second-order valence-electron chi connectivity index (χ2n) is 10.6. The molecule has 16 nitrogen and oxygen atoms in total. The standard InChI is InChI=1S/C30H44N10O6/c31-21(16-19-10-12-20(41)13-11-19)25(42)38-22(8-4-14-36-29(32)33)26(43)39-23(9-5-15-37-30(34)35)27(44)40-24(28(45)46)17-18-6-2-1-3-7-18/h1-3,6-7,10-13,21-24,41H,4-5,8-9,14-17,31H2,(H,38,42)(H,39,43)(H,40,44)(H,45,46)(H4,32,33,36)(H4,34,35,37). The molecule has 250 valence electrons. The maximum absolute atomic E-state index is 13.5. The first-order valence-corrected chi connectivity index (χ1v) is 14.7. The fourth-order valence-corrected chi connectivity index (χ4v) is 4.40. The van der Waals surface area contributed by atoms with E-state index in [2.05, 4.69) is 25.9 Å². The Morgan fingerprint density at radius 1 is 0.652 bits per heavy atom. The van der Waals surface area contributed by atoms with Crippen molar-refractivity contribution in [1.29, 1.82) is 0 Å². The van der Waals surface area contributed by atoms with Crippen LogP contribution in [0.25, 0.3) is 0 Å². The van der Waals surface area contributed by atoms with Crippen LogP contribution in [-0.2, 0) is 32.0 Å². The van der Waals surface area contributed by atoms with E-state index in [-0.39, 0.29) is 62.9 Å². The molecule has 0 spiro atoms. The second kappa shape index (κ2) is 19.1. The lowest BCUT2D eigenvalue weighted by Crippen LogP contribution is -2.57. The van der Waals surface area contributed by atoms with Gasteiger partial charge in [-0.3, -0.25) is 24.4 Å². The number of carbonyl (C=O) groups is 4. The molecule has 0 aliphatic carbocycles. The number of benzene rings is 2. The molecule has 2 aromatic rings. The summed E-state index contributed by atoms with van der Waals surface area (Å²) in [6.45, 7) is 0.322. The van der Waals surface area contributed by atoms with Crippen LogP contribution in [0.4, 0.5) is 0 Å². The molecule has 46 heavy (non-hydrogen) atoms. The summed E-state index contributed by atoms with van der Waals surface area (Å²) in [7, 11) is 0. The van der Waals surface area contributed by atoms with Crippen LogP contribution in [0, 0.1) is 0 Å². The highest BCUT2D eigenvalue weighted by atomic mass is 16.4. The van der Waals surface area contributed by atoms with Crippen LogP contribution >= 0.6 is 0 Å². The summed E-state index contributed by atoms with van der Waals surface area (Å²) in [6.07, 6.45) is 0.853. The van der Waals surface area contributed by atoms with Gasteiger partial charge in [0.1, 0.15) is 23.9 Å². The Kier molecular flexibility index (Phi) is 15.3. The lowest BCUT2D eigenvalue weighted by Gasteiger charge is -2.25. The van der Waals surface area contributed by atoms with E-state index in [9.17, 15) is 29.4 Å². The lowest BCUT2D eigenvalue weighted by atomic mass is 10.0. The molecule has 0 radical (unpaired) electrons. The molecule has 2 rings (SSSR count). The molecule has 2 aromatic carbocycles. The van der Waals surface area contributed by atoms with Gasteiger partial charge in [-0.25, -0.2) is 4.79 Å². The Bertz CT molecular complexity index is 1350. The van der Waals surface area contributed by atoms with E-state index >= 15 is 0 Å². The van der Waals surface area contributed by atoms with E-state index in [0.29, 0.717) is 17.5 Å². The third kappa shape index (κ3) is 13.9. The number of aliphatic imine (C=N–C) groups is 2. The van der Waals surface area contributed by atoms with Gasteiger partial charge >= 0.3 is 5.97 Å². The van der Waals surface area contributed by atoms with Crippen molar-refractivity contribution in [3.05, 3.63) is 65.7 Å². The largest absolute Gasteiger partial charge is 0.508 e. The number of carboxylic acids is 1. The van der Waals surface area contributed by atoms with Gasteiger partial charge in [0.25, 0.3) is 0 Å². The summed E-state index contributed by atoms with van der Waals surface area (Å²) in [5, 5.41) is 27.1. The Labute approximate surface area is 266 Å². The maximum atomic E-state index is 13.5. The minimum atomic E-state index is -1.28. The summed E-state index contributed by atoms with van der Waals surface area (Å²) in [6, 6.07) is 10.3. The number of amides is 3. The van der Waals surface area contributed by atoms with E-state index in [4.69, 9.17) is 28.7 Å². The van der Waals surface area contributed by atoms with Crippen LogP contribution in [0.3, 0.4) is 0 Å². The number of hydrogen-bond donors (Lipinski definition) is 10. The van der Waals surface area contributed by atoms with Crippen molar-refractivity contribution in [2.75, 3.05) is 13.1 Å². The Morgan fingerprint density at radius 3 is 1.59 bits per heavy atom. The molecular formula is C30H44N10O6. The van der Waals surface area contributed by atoms with Gasteiger partial charge in [-0.1, -0.05) is 42.5 Å². The number of aliphatic carboxylic acids is 1. The number of nitrogens with two attached hydrogens (primary N) is 5. The number of phenolic OH excluding ortho intramolecular Hbond substituents is 1. The molecule has 4 atom stereocenters. The third-order valence-corrected chi connectivity index (χ3v) is 6.78. The van der Waals surface area contributed by atoms with Gasteiger partial charge in [0.05, 0.1) is 6.04 Å². The van der Waals surface area contributed by atoms with E-state index in [1.807, 2.05) is 0 Å².